The van der Waals surface area contributed by atoms with Gasteiger partial charge in [0.1, 0.15) is 12.8 Å². The van der Waals surface area contributed by atoms with Crippen LogP contribution in [0.1, 0.15) is 5.69 Å². The second-order valence-electron chi connectivity index (χ2n) is 2.46. The number of nitrogens with zero attached hydrogens (tertiary/aromatic N) is 2. The quantitative estimate of drug-likeness (QED) is 0.696. The van der Waals surface area contributed by atoms with Crippen LogP contribution in [-0.4, -0.2) is 27.7 Å². The Balaban J connectivity index is 2.56. The van der Waals surface area contributed by atoms with E-state index in [1.54, 1.807) is 10.9 Å². The van der Waals surface area contributed by atoms with Crippen LogP contribution in [0.15, 0.2) is 12.3 Å². The number of rotatable bonds is 3. The molecule has 0 fully saturated rings. The van der Waals surface area contributed by atoms with Crippen LogP contribution >= 0.6 is 0 Å². The summed E-state index contributed by atoms with van der Waals surface area (Å²) < 4.78 is 13.4. The Labute approximate surface area is 64.5 Å². The van der Waals surface area contributed by atoms with Crippen molar-refractivity contribution in [2.45, 2.75) is 19.6 Å². The fourth-order valence-corrected chi connectivity index (χ4v) is 0.838. The monoisotopic (exact) mass is 158 g/mol. The molecule has 1 aromatic rings. The minimum atomic E-state index is -0.936. The first kappa shape index (κ1) is 8.20. The van der Waals surface area contributed by atoms with Crippen molar-refractivity contribution >= 4 is 0 Å². The van der Waals surface area contributed by atoms with E-state index in [0.717, 1.165) is 5.69 Å². The molecule has 0 spiro atoms. The normalized spacial score (nSPS) is 13.4. The Morgan fingerprint density at radius 3 is 3.00 bits per heavy atom. The first-order valence-corrected chi connectivity index (χ1v) is 3.46. The number of aliphatic hydroxyl groups excluding tert-OH is 1. The molecule has 1 N–H and O–H groups in total. The average Bonchev–Trinajstić information content (AvgIpc) is 2.37. The van der Waals surface area contributed by atoms with Gasteiger partial charge >= 0.3 is 0 Å². The van der Waals surface area contributed by atoms with Crippen LogP contribution in [0.5, 0.6) is 0 Å². The van der Waals surface area contributed by atoms with Gasteiger partial charge in [0.15, 0.2) is 0 Å². The van der Waals surface area contributed by atoms with Gasteiger partial charge in [-0.3, -0.25) is 4.68 Å². The predicted octanol–water partition coefficient (Wildman–Crippen LogP) is 0.522. The topological polar surface area (TPSA) is 38.0 Å². The largest absolute Gasteiger partial charge is 0.388 e. The number of hydrogen-bond donors (Lipinski definition) is 1. The van der Waals surface area contributed by atoms with Gasteiger partial charge < -0.3 is 5.11 Å². The summed E-state index contributed by atoms with van der Waals surface area (Å²) in [6, 6.07) is 1.81. The summed E-state index contributed by atoms with van der Waals surface area (Å²) in [7, 11) is 0. The fraction of sp³-hybridized carbons (Fsp3) is 0.571. The summed E-state index contributed by atoms with van der Waals surface area (Å²) in [6.45, 7) is 1.37. The molecule has 0 aliphatic carbocycles. The summed E-state index contributed by atoms with van der Waals surface area (Å²) in [5, 5.41) is 12.8. The minimum Gasteiger partial charge on any atom is -0.388 e. The number of aliphatic hydroxyl groups is 1. The number of alkyl halides is 1. The van der Waals surface area contributed by atoms with Gasteiger partial charge in [-0.25, -0.2) is 4.39 Å². The minimum absolute atomic E-state index is 0.231. The lowest BCUT2D eigenvalue weighted by Crippen LogP contribution is -2.19. The van der Waals surface area contributed by atoms with Gasteiger partial charge in [-0.05, 0) is 13.0 Å². The van der Waals surface area contributed by atoms with Crippen LogP contribution in [0.3, 0.4) is 0 Å². The second-order valence-corrected chi connectivity index (χ2v) is 2.46. The van der Waals surface area contributed by atoms with Crippen molar-refractivity contribution < 1.29 is 9.50 Å². The van der Waals surface area contributed by atoms with Crippen molar-refractivity contribution in [3.63, 3.8) is 0 Å². The Bertz CT molecular complexity index is 224. The fourth-order valence-electron chi connectivity index (χ4n) is 0.838. The average molecular weight is 158 g/mol. The lowest BCUT2D eigenvalue weighted by atomic mass is 10.4. The molecule has 0 saturated heterocycles. The van der Waals surface area contributed by atoms with Crippen molar-refractivity contribution in [1.29, 1.82) is 0 Å². The smallest absolute Gasteiger partial charge is 0.117 e. The lowest BCUT2D eigenvalue weighted by Gasteiger charge is -2.07. The summed E-state index contributed by atoms with van der Waals surface area (Å²) in [4.78, 5) is 0. The molecule has 11 heavy (non-hydrogen) atoms. The number of halogens is 1. The third-order valence-corrected chi connectivity index (χ3v) is 1.49. The van der Waals surface area contributed by atoms with E-state index >= 15 is 0 Å². The van der Waals surface area contributed by atoms with Gasteiger partial charge in [0, 0.05) is 11.9 Å². The van der Waals surface area contributed by atoms with E-state index in [9.17, 15) is 4.39 Å². The molecule has 0 aliphatic rings. The Morgan fingerprint density at radius 1 is 1.82 bits per heavy atom. The molecule has 1 heterocycles. The Morgan fingerprint density at radius 2 is 2.55 bits per heavy atom. The number of hydrogen-bond acceptors (Lipinski definition) is 2. The maximum Gasteiger partial charge on any atom is 0.117 e. The number of aryl methyl sites for hydroxylation is 1. The van der Waals surface area contributed by atoms with Crippen molar-refractivity contribution in [2.75, 3.05) is 6.67 Å². The van der Waals surface area contributed by atoms with Gasteiger partial charge in [-0.2, -0.15) is 5.10 Å². The molecular weight excluding hydrogens is 147 g/mol. The zero-order valence-electron chi connectivity index (χ0n) is 6.37. The van der Waals surface area contributed by atoms with Crippen LogP contribution in [0.25, 0.3) is 0 Å². The van der Waals surface area contributed by atoms with E-state index in [2.05, 4.69) is 5.10 Å². The maximum atomic E-state index is 11.8. The standard InChI is InChI=1S/C7H11FN2O/c1-6-2-3-9-10(6)5-7(11)4-8/h2-3,7,11H,4-5H2,1H3. The van der Waals surface area contributed by atoms with Crippen LogP contribution < -0.4 is 0 Å². The van der Waals surface area contributed by atoms with Crippen molar-refractivity contribution in [3.05, 3.63) is 18.0 Å². The SMILES string of the molecule is Cc1ccnn1CC(O)CF. The summed E-state index contributed by atoms with van der Waals surface area (Å²) in [5.41, 5.74) is 0.928. The molecular formula is C7H11FN2O. The summed E-state index contributed by atoms with van der Waals surface area (Å²) >= 11 is 0. The molecule has 1 atom stereocenters. The van der Waals surface area contributed by atoms with Gasteiger partial charge in [0.2, 0.25) is 0 Å². The summed E-state index contributed by atoms with van der Waals surface area (Å²) in [5.74, 6) is 0. The second kappa shape index (κ2) is 3.48. The van der Waals surface area contributed by atoms with Crippen LogP contribution in [0, 0.1) is 6.92 Å². The highest BCUT2D eigenvalue weighted by Gasteiger charge is 2.05. The highest BCUT2D eigenvalue weighted by Crippen LogP contribution is 1.98. The molecule has 1 rings (SSSR count). The molecule has 0 aromatic carbocycles. The van der Waals surface area contributed by atoms with Gasteiger partial charge in [-0.15, -0.1) is 0 Å². The van der Waals surface area contributed by atoms with E-state index in [1.807, 2.05) is 13.0 Å². The first-order valence-electron chi connectivity index (χ1n) is 3.46. The third-order valence-electron chi connectivity index (χ3n) is 1.49. The molecule has 0 amide bonds. The van der Waals surface area contributed by atoms with E-state index in [-0.39, 0.29) is 6.54 Å². The third kappa shape index (κ3) is 2.01. The summed E-state index contributed by atoms with van der Waals surface area (Å²) in [6.07, 6.45) is 0.689. The van der Waals surface area contributed by atoms with E-state index in [1.165, 1.54) is 0 Å². The first-order chi connectivity index (χ1) is 5.24. The molecule has 0 aliphatic heterocycles. The lowest BCUT2D eigenvalue weighted by molar-refractivity contribution is 0.117. The van der Waals surface area contributed by atoms with Crippen LogP contribution in [0.4, 0.5) is 4.39 Å². The zero-order valence-corrected chi connectivity index (χ0v) is 6.37. The van der Waals surface area contributed by atoms with E-state index < -0.39 is 12.8 Å². The highest BCUT2D eigenvalue weighted by molar-refractivity contribution is 4.96. The number of aromatic nitrogens is 2. The molecule has 4 heteroatoms. The molecule has 3 nitrogen and oxygen atoms in total. The highest BCUT2D eigenvalue weighted by atomic mass is 19.1. The maximum absolute atomic E-state index is 11.8. The van der Waals surface area contributed by atoms with Gasteiger partial charge in [-0.1, -0.05) is 0 Å². The van der Waals surface area contributed by atoms with Crippen molar-refractivity contribution in [3.8, 4) is 0 Å². The molecule has 0 radical (unpaired) electrons. The predicted molar refractivity (Wildman–Crippen MR) is 38.9 cm³/mol. The molecule has 1 aromatic heterocycles. The zero-order chi connectivity index (χ0) is 8.27. The molecule has 0 bridgehead atoms. The van der Waals surface area contributed by atoms with E-state index in [0.29, 0.717) is 0 Å². The van der Waals surface area contributed by atoms with Crippen molar-refractivity contribution in [1.82, 2.24) is 9.78 Å². The molecule has 62 valence electrons. The van der Waals surface area contributed by atoms with Crippen LogP contribution in [-0.2, 0) is 6.54 Å². The van der Waals surface area contributed by atoms with Gasteiger partial charge in [0.05, 0.1) is 6.54 Å². The molecule has 0 saturated carbocycles. The molecule has 1 unspecified atom stereocenters. The Hall–Kier alpha value is -0.900. The van der Waals surface area contributed by atoms with Crippen molar-refractivity contribution in [2.24, 2.45) is 0 Å². The van der Waals surface area contributed by atoms with Gasteiger partial charge in [0.25, 0.3) is 0 Å². The van der Waals surface area contributed by atoms with Crippen LogP contribution in [0.2, 0.25) is 0 Å². The Kier molecular flexibility index (Phi) is 2.59. The van der Waals surface area contributed by atoms with E-state index in [4.69, 9.17) is 5.11 Å².